The maximum absolute atomic E-state index is 5.43. The zero-order chi connectivity index (χ0) is 41.2. The molecule has 5 nitrogen and oxygen atoms in total. The molecule has 0 aliphatic heterocycles. The van der Waals surface area contributed by atoms with Crippen LogP contribution in [0.5, 0.6) is 0 Å². The van der Waals surface area contributed by atoms with Crippen molar-refractivity contribution < 1.29 is 0 Å². The summed E-state index contributed by atoms with van der Waals surface area (Å²) < 4.78 is 2.23. The molecule has 62 heavy (non-hydrogen) atoms. The smallest absolute Gasteiger partial charge is 0.238 e. The van der Waals surface area contributed by atoms with Crippen LogP contribution in [0.25, 0.3) is 83.9 Å². The van der Waals surface area contributed by atoms with E-state index in [9.17, 15) is 0 Å². The summed E-state index contributed by atoms with van der Waals surface area (Å²) in [6.07, 6.45) is 0. The van der Waals surface area contributed by atoms with Crippen molar-refractivity contribution in [1.29, 1.82) is 0 Å². The molecule has 0 radical (unpaired) electrons. The highest BCUT2D eigenvalue weighted by molar-refractivity contribution is 6.13. The largest absolute Gasteiger partial charge is 0.310 e. The molecule has 5 heteroatoms. The van der Waals surface area contributed by atoms with Crippen LogP contribution in [-0.4, -0.2) is 19.5 Å². The number of nitrogens with zero attached hydrogens (tertiary/aromatic N) is 5. The minimum atomic E-state index is 0.552. The predicted molar refractivity (Wildman–Crippen MR) is 256 cm³/mol. The first kappa shape index (κ1) is 36.7. The predicted octanol–water partition coefficient (Wildman–Crippen LogP) is 14.8. The van der Waals surface area contributed by atoms with Crippen LogP contribution in [-0.2, 0) is 0 Å². The fourth-order valence-corrected chi connectivity index (χ4v) is 8.58. The van der Waals surface area contributed by atoms with Crippen LogP contribution < -0.4 is 4.90 Å². The highest BCUT2D eigenvalue weighted by Crippen LogP contribution is 2.41. The number of para-hydroxylation sites is 4. The molecule has 0 aliphatic carbocycles. The average molecular weight is 794 g/mol. The molecule has 2 aromatic heterocycles. The second-order valence-electron chi connectivity index (χ2n) is 15.2. The van der Waals surface area contributed by atoms with E-state index >= 15 is 0 Å². The molecule has 0 N–H and O–H groups in total. The number of anilines is 3. The van der Waals surface area contributed by atoms with Crippen molar-refractivity contribution >= 4 is 38.9 Å². The fourth-order valence-electron chi connectivity index (χ4n) is 8.58. The van der Waals surface area contributed by atoms with Gasteiger partial charge in [0.2, 0.25) is 5.95 Å². The lowest BCUT2D eigenvalue weighted by Gasteiger charge is -2.26. The van der Waals surface area contributed by atoms with Crippen molar-refractivity contribution in [3.05, 3.63) is 237 Å². The SMILES string of the molecule is c1ccc(-c2ccc(-c3cccc4c5ccccc5n(-c5nc(-c6ccccc6)nc(-c6ccccc6-c6cccc(N(c7ccccc7)c7ccccc7)c6)n5)c34)cc2)cc1. The summed E-state index contributed by atoms with van der Waals surface area (Å²) in [5.41, 5.74) is 13.7. The van der Waals surface area contributed by atoms with Crippen molar-refractivity contribution in [2.75, 3.05) is 4.90 Å². The van der Waals surface area contributed by atoms with Crippen molar-refractivity contribution in [2.45, 2.75) is 0 Å². The summed E-state index contributed by atoms with van der Waals surface area (Å²) in [5, 5.41) is 2.26. The summed E-state index contributed by atoms with van der Waals surface area (Å²) in [6, 6.07) is 82.7. The molecule has 9 aromatic carbocycles. The summed E-state index contributed by atoms with van der Waals surface area (Å²) >= 11 is 0. The van der Waals surface area contributed by atoms with Gasteiger partial charge in [0.25, 0.3) is 0 Å². The normalized spacial score (nSPS) is 11.2. The third-order valence-corrected chi connectivity index (χ3v) is 11.5. The van der Waals surface area contributed by atoms with Gasteiger partial charge in [-0.2, -0.15) is 9.97 Å². The molecule has 0 saturated heterocycles. The van der Waals surface area contributed by atoms with Gasteiger partial charge < -0.3 is 4.90 Å². The molecular weight excluding hydrogens is 755 g/mol. The summed E-state index contributed by atoms with van der Waals surface area (Å²) in [7, 11) is 0. The Hall–Kier alpha value is -8.41. The molecule has 0 unspecified atom stereocenters. The van der Waals surface area contributed by atoms with E-state index in [0.29, 0.717) is 17.6 Å². The summed E-state index contributed by atoms with van der Waals surface area (Å²) in [6.45, 7) is 0. The molecule has 292 valence electrons. The quantitative estimate of drug-likeness (QED) is 0.146. The van der Waals surface area contributed by atoms with E-state index in [1.54, 1.807) is 0 Å². The molecular formula is C57H39N5. The van der Waals surface area contributed by atoms with Crippen molar-refractivity contribution in [3.63, 3.8) is 0 Å². The number of hydrogen-bond acceptors (Lipinski definition) is 4. The maximum atomic E-state index is 5.43. The van der Waals surface area contributed by atoms with Gasteiger partial charge in [0.05, 0.1) is 11.0 Å². The van der Waals surface area contributed by atoms with Crippen LogP contribution in [0.1, 0.15) is 0 Å². The van der Waals surface area contributed by atoms with E-state index < -0.39 is 0 Å². The van der Waals surface area contributed by atoms with E-state index in [-0.39, 0.29) is 0 Å². The third-order valence-electron chi connectivity index (χ3n) is 11.5. The van der Waals surface area contributed by atoms with Crippen molar-refractivity contribution in [2.24, 2.45) is 0 Å². The molecule has 11 aromatic rings. The van der Waals surface area contributed by atoms with Crippen LogP contribution in [0.15, 0.2) is 237 Å². The minimum Gasteiger partial charge on any atom is -0.310 e. The van der Waals surface area contributed by atoms with Crippen LogP contribution in [0.3, 0.4) is 0 Å². The molecule has 0 spiro atoms. The Morgan fingerprint density at radius 3 is 1.50 bits per heavy atom. The molecule has 0 bridgehead atoms. The molecule has 0 fully saturated rings. The van der Waals surface area contributed by atoms with E-state index in [2.05, 4.69) is 228 Å². The van der Waals surface area contributed by atoms with Gasteiger partial charge in [-0.25, -0.2) is 4.98 Å². The Morgan fingerprint density at radius 2 is 0.790 bits per heavy atom. The first-order valence-corrected chi connectivity index (χ1v) is 20.9. The topological polar surface area (TPSA) is 46.8 Å². The third kappa shape index (κ3) is 6.78. The first-order valence-electron chi connectivity index (χ1n) is 20.9. The molecule has 0 atom stereocenters. The first-order chi connectivity index (χ1) is 30.8. The lowest BCUT2D eigenvalue weighted by molar-refractivity contribution is 0.954. The van der Waals surface area contributed by atoms with Gasteiger partial charge in [-0.05, 0) is 70.3 Å². The number of fused-ring (bicyclic) bond motifs is 3. The fraction of sp³-hybridized carbons (Fsp3) is 0. The molecule has 0 saturated carbocycles. The number of rotatable bonds is 9. The second-order valence-corrected chi connectivity index (χ2v) is 15.2. The summed E-state index contributed by atoms with van der Waals surface area (Å²) in [5.74, 6) is 1.74. The second kappa shape index (κ2) is 16.0. The van der Waals surface area contributed by atoms with Gasteiger partial charge in [0.15, 0.2) is 11.6 Å². The average Bonchev–Trinajstić information content (AvgIpc) is 3.70. The Bertz CT molecular complexity index is 3290. The molecule has 2 heterocycles. The number of benzene rings is 9. The van der Waals surface area contributed by atoms with Crippen LogP contribution in [0.4, 0.5) is 17.1 Å². The Morgan fingerprint density at radius 1 is 0.306 bits per heavy atom. The Kier molecular flexibility index (Phi) is 9.45. The van der Waals surface area contributed by atoms with Crippen molar-refractivity contribution in [3.8, 4) is 62.1 Å². The zero-order valence-electron chi connectivity index (χ0n) is 33.8. The van der Waals surface area contributed by atoms with Crippen molar-refractivity contribution in [1.82, 2.24) is 19.5 Å². The van der Waals surface area contributed by atoms with Crippen LogP contribution >= 0.6 is 0 Å². The molecule has 0 aliphatic rings. The Labute approximate surface area is 360 Å². The van der Waals surface area contributed by atoms with Gasteiger partial charge >= 0.3 is 0 Å². The number of hydrogen-bond donors (Lipinski definition) is 0. The number of aromatic nitrogens is 4. The van der Waals surface area contributed by atoms with E-state index in [1.165, 1.54) is 11.1 Å². The zero-order valence-corrected chi connectivity index (χ0v) is 33.8. The van der Waals surface area contributed by atoms with Gasteiger partial charge in [0.1, 0.15) is 0 Å². The monoisotopic (exact) mass is 793 g/mol. The van der Waals surface area contributed by atoms with E-state index in [0.717, 1.165) is 72.2 Å². The van der Waals surface area contributed by atoms with Gasteiger partial charge in [-0.1, -0.05) is 194 Å². The minimum absolute atomic E-state index is 0.552. The standard InChI is InChI=1S/C57H39N5/c1-5-19-40(20-6-1)41-35-37-42(38-36-41)49-32-18-33-51-50-30-15-16-34-53(50)62(54(49)51)57-59-55(43-21-7-2-8-22-43)58-56(60-57)52-31-14-13-29-48(52)44-23-17-28-47(39-44)61(45-24-9-3-10-25-45)46-26-11-4-12-27-46/h1-39H. The highest BCUT2D eigenvalue weighted by atomic mass is 15.2. The summed E-state index contributed by atoms with van der Waals surface area (Å²) in [4.78, 5) is 18.3. The Balaban J connectivity index is 1.11. The van der Waals surface area contributed by atoms with Gasteiger partial charge in [0, 0.05) is 44.5 Å². The van der Waals surface area contributed by atoms with E-state index in [1.807, 2.05) is 18.2 Å². The molecule has 0 amide bonds. The van der Waals surface area contributed by atoms with Gasteiger partial charge in [-0.3, -0.25) is 4.57 Å². The van der Waals surface area contributed by atoms with Crippen LogP contribution in [0.2, 0.25) is 0 Å². The lowest BCUT2D eigenvalue weighted by Crippen LogP contribution is -2.09. The lowest BCUT2D eigenvalue weighted by atomic mass is 9.98. The highest BCUT2D eigenvalue weighted by Gasteiger charge is 2.22. The van der Waals surface area contributed by atoms with E-state index in [4.69, 9.17) is 15.0 Å². The van der Waals surface area contributed by atoms with Gasteiger partial charge in [-0.15, -0.1) is 0 Å². The van der Waals surface area contributed by atoms with Crippen LogP contribution in [0, 0.1) is 0 Å². The molecule has 11 rings (SSSR count). The maximum Gasteiger partial charge on any atom is 0.238 e.